The zero-order chi connectivity index (χ0) is 30.2. The first-order valence-electron chi connectivity index (χ1n) is 15.9. The molecule has 1 heterocycles. The van der Waals surface area contributed by atoms with Crippen molar-refractivity contribution in [1.29, 1.82) is 0 Å². The Hall–Kier alpha value is -6.12. The number of nitrogens with one attached hydrogen (secondary N) is 1. The Morgan fingerprint density at radius 3 is 1.91 bits per heavy atom. The number of hydrogen-bond donors (Lipinski definition) is 1. The molecule has 0 radical (unpaired) electrons. The van der Waals surface area contributed by atoms with Crippen molar-refractivity contribution in [2.75, 3.05) is 4.90 Å². The molecule has 0 amide bonds. The van der Waals surface area contributed by atoms with Gasteiger partial charge < -0.3 is 9.88 Å². The molecule has 0 bridgehead atoms. The van der Waals surface area contributed by atoms with E-state index < -0.39 is 0 Å². The van der Waals surface area contributed by atoms with Gasteiger partial charge in [0.15, 0.2) is 0 Å². The Morgan fingerprint density at radius 1 is 0.370 bits per heavy atom. The van der Waals surface area contributed by atoms with Gasteiger partial charge in [-0.3, -0.25) is 0 Å². The summed E-state index contributed by atoms with van der Waals surface area (Å²) in [6.07, 6.45) is 0. The number of rotatable bonds is 4. The molecule has 0 saturated heterocycles. The molecule has 0 saturated carbocycles. The Labute approximate surface area is 266 Å². The van der Waals surface area contributed by atoms with Crippen LogP contribution in [0.15, 0.2) is 164 Å². The second-order valence-corrected chi connectivity index (χ2v) is 12.3. The van der Waals surface area contributed by atoms with Crippen molar-refractivity contribution in [3.8, 4) is 11.1 Å². The fourth-order valence-electron chi connectivity index (χ4n) is 7.57. The van der Waals surface area contributed by atoms with Gasteiger partial charge in [-0.2, -0.15) is 0 Å². The number of fused-ring (bicyclic) bond motifs is 5. The number of aromatic amines is 1. The van der Waals surface area contributed by atoms with Crippen molar-refractivity contribution in [3.63, 3.8) is 0 Å². The summed E-state index contributed by atoms with van der Waals surface area (Å²) in [5.41, 5.74) is 8.27. The molecule has 0 aliphatic heterocycles. The van der Waals surface area contributed by atoms with Crippen molar-refractivity contribution in [2.45, 2.75) is 0 Å². The highest BCUT2D eigenvalue weighted by molar-refractivity contribution is 6.32. The molecule has 2 nitrogen and oxygen atoms in total. The summed E-state index contributed by atoms with van der Waals surface area (Å²) in [4.78, 5) is 6.07. The summed E-state index contributed by atoms with van der Waals surface area (Å²) in [5, 5.41) is 12.8. The minimum Gasteiger partial charge on any atom is -0.354 e. The Bertz CT molecular complexity index is 2740. The molecule has 46 heavy (non-hydrogen) atoms. The number of aromatic nitrogens is 1. The van der Waals surface area contributed by atoms with E-state index in [1.165, 1.54) is 76.0 Å². The normalized spacial score (nSPS) is 11.9. The van der Waals surface area contributed by atoms with Crippen LogP contribution in [-0.2, 0) is 0 Å². The second kappa shape index (κ2) is 9.69. The van der Waals surface area contributed by atoms with Gasteiger partial charge in [-0.25, -0.2) is 0 Å². The third kappa shape index (κ3) is 3.71. The third-order valence-electron chi connectivity index (χ3n) is 9.70. The minimum atomic E-state index is 1.13. The Morgan fingerprint density at radius 2 is 1.02 bits per heavy atom. The van der Waals surface area contributed by atoms with E-state index in [2.05, 4.69) is 174 Å². The van der Waals surface area contributed by atoms with Crippen molar-refractivity contribution >= 4 is 82.0 Å². The number of hydrogen-bond acceptors (Lipinski definition) is 1. The predicted octanol–water partition coefficient (Wildman–Crippen LogP) is 12.5. The first-order valence-corrected chi connectivity index (χ1v) is 15.9. The van der Waals surface area contributed by atoms with E-state index in [1.54, 1.807) is 0 Å². The summed E-state index contributed by atoms with van der Waals surface area (Å²) in [5.74, 6) is 0. The number of nitrogens with zero attached hydrogens (tertiary/aromatic N) is 1. The van der Waals surface area contributed by atoms with Crippen LogP contribution >= 0.6 is 0 Å². The maximum atomic E-state index is 3.73. The van der Waals surface area contributed by atoms with E-state index in [9.17, 15) is 0 Å². The molecular formula is C44H28N2. The van der Waals surface area contributed by atoms with Crippen molar-refractivity contribution < 1.29 is 0 Å². The molecule has 9 aromatic carbocycles. The van der Waals surface area contributed by atoms with Crippen LogP contribution in [0.5, 0.6) is 0 Å². The lowest BCUT2D eigenvalue weighted by molar-refractivity contribution is 1.29. The van der Waals surface area contributed by atoms with E-state index >= 15 is 0 Å². The molecule has 10 rings (SSSR count). The number of benzene rings is 9. The number of anilines is 3. The monoisotopic (exact) mass is 584 g/mol. The van der Waals surface area contributed by atoms with Crippen LogP contribution in [0.4, 0.5) is 17.1 Å². The zero-order valence-electron chi connectivity index (χ0n) is 25.0. The van der Waals surface area contributed by atoms with Crippen LogP contribution in [0, 0.1) is 0 Å². The molecule has 0 fully saturated rings. The molecule has 0 aliphatic rings. The standard InChI is InChI=1S/C44H28N2/c1-2-10-33(11-3-1)46(35-22-14-28-8-4-5-9-31(28)26-35)34-20-15-29(16-21-34)36-23-17-30-18-25-39-43-32(19-24-38(36)42(30)43)27-40-37-12-6-7-13-41(37)45-44(39)40/h1-27,45H. The van der Waals surface area contributed by atoms with E-state index in [-0.39, 0.29) is 0 Å². The lowest BCUT2D eigenvalue weighted by Crippen LogP contribution is -2.09. The van der Waals surface area contributed by atoms with Crippen LogP contribution in [0.1, 0.15) is 0 Å². The fraction of sp³-hybridized carbons (Fsp3) is 0. The third-order valence-corrected chi connectivity index (χ3v) is 9.70. The zero-order valence-corrected chi connectivity index (χ0v) is 25.0. The average molecular weight is 585 g/mol. The topological polar surface area (TPSA) is 19.0 Å². The van der Waals surface area contributed by atoms with Gasteiger partial charge in [-0.05, 0) is 97.4 Å². The first kappa shape index (κ1) is 25.2. The predicted molar refractivity (Wildman–Crippen MR) is 197 cm³/mol. The molecule has 0 spiro atoms. The van der Waals surface area contributed by atoms with Crippen LogP contribution in [0.3, 0.4) is 0 Å². The van der Waals surface area contributed by atoms with Gasteiger partial charge in [0, 0.05) is 38.7 Å². The molecule has 0 aliphatic carbocycles. The van der Waals surface area contributed by atoms with Crippen molar-refractivity contribution in [3.05, 3.63) is 164 Å². The maximum Gasteiger partial charge on any atom is 0.0545 e. The van der Waals surface area contributed by atoms with E-state index in [0.29, 0.717) is 0 Å². The van der Waals surface area contributed by atoms with E-state index in [1.807, 2.05) is 0 Å². The van der Waals surface area contributed by atoms with Gasteiger partial charge in [0.2, 0.25) is 0 Å². The summed E-state index contributed by atoms with van der Waals surface area (Å²) in [6.45, 7) is 0. The highest BCUT2D eigenvalue weighted by atomic mass is 15.1. The second-order valence-electron chi connectivity index (χ2n) is 12.3. The van der Waals surface area contributed by atoms with Gasteiger partial charge >= 0.3 is 0 Å². The van der Waals surface area contributed by atoms with E-state index in [0.717, 1.165) is 17.1 Å². The van der Waals surface area contributed by atoms with Crippen molar-refractivity contribution in [2.24, 2.45) is 0 Å². The van der Waals surface area contributed by atoms with Crippen molar-refractivity contribution in [1.82, 2.24) is 4.98 Å². The highest BCUT2D eigenvalue weighted by Gasteiger charge is 2.17. The molecule has 1 N–H and O–H groups in total. The van der Waals surface area contributed by atoms with Gasteiger partial charge in [-0.1, -0.05) is 115 Å². The fourth-order valence-corrected chi connectivity index (χ4v) is 7.57. The lowest BCUT2D eigenvalue weighted by atomic mass is 9.89. The molecule has 1 aromatic heterocycles. The molecule has 2 heteroatoms. The van der Waals surface area contributed by atoms with Crippen LogP contribution in [-0.4, -0.2) is 4.98 Å². The minimum absolute atomic E-state index is 1.13. The molecular weight excluding hydrogens is 556 g/mol. The largest absolute Gasteiger partial charge is 0.354 e. The average Bonchev–Trinajstić information content (AvgIpc) is 3.50. The van der Waals surface area contributed by atoms with Gasteiger partial charge in [0.05, 0.1) is 5.52 Å². The first-order chi connectivity index (χ1) is 22.8. The van der Waals surface area contributed by atoms with Gasteiger partial charge in [0.1, 0.15) is 0 Å². The Balaban J connectivity index is 1.13. The highest BCUT2D eigenvalue weighted by Crippen LogP contribution is 2.44. The molecule has 0 unspecified atom stereocenters. The van der Waals surface area contributed by atoms with Crippen LogP contribution in [0.25, 0.3) is 76.0 Å². The summed E-state index contributed by atoms with van der Waals surface area (Å²) >= 11 is 0. The van der Waals surface area contributed by atoms with Gasteiger partial charge in [-0.15, -0.1) is 0 Å². The quantitative estimate of drug-likeness (QED) is 0.204. The Kier molecular flexibility index (Phi) is 5.31. The summed E-state index contributed by atoms with van der Waals surface area (Å²) in [6, 6.07) is 59.7. The number of para-hydroxylation sites is 2. The lowest BCUT2D eigenvalue weighted by Gasteiger charge is -2.26. The summed E-state index contributed by atoms with van der Waals surface area (Å²) in [7, 11) is 0. The SMILES string of the molecule is c1ccc(N(c2ccc(-c3ccc4ccc5c6[nH]c7ccccc7c6cc6ccc3c4c65)cc2)c2ccc3ccccc3c2)cc1. The van der Waals surface area contributed by atoms with E-state index in [4.69, 9.17) is 0 Å². The smallest absolute Gasteiger partial charge is 0.0545 e. The van der Waals surface area contributed by atoms with Crippen LogP contribution in [0.2, 0.25) is 0 Å². The molecule has 10 aromatic rings. The molecule has 214 valence electrons. The maximum absolute atomic E-state index is 3.73. The number of H-pyrrole nitrogens is 1. The summed E-state index contributed by atoms with van der Waals surface area (Å²) < 4.78 is 0. The van der Waals surface area contributed by atoms with Gasteiger partial charge in [0.25, 0.3) is 0 Å². The van der Waals surface area contributed by atoms with Crippen LogP contribution < -0.4 is 4.90 Å². The molecule has 0 atom stereocenters.